The summed E-state index contributed by atoms with van der Waals surface area (Å²) in [4.78, 5) is 0. The van der Waals surface area contributed by atoms with Crippen molar-refractivity contribution < 1.29 is 0 Å². The van der Waals surface area contributed by atoms with Gasteiger partial charge in [0.25, 0.3) is 0 Å². The van der Waals surface area contributed by atoms with Crippen LogP contribution in [0.4, 0.5) is 0 Å². The van der Waals surface area contributed by atoms with E-state index >= 15 is 0 Å². The summed E-state index contributed by atoms with van der Waals surface area (Å²) in [5.74, 6) is 0. The first-order valence-electron chi connectivity index (χ1n) is 21.0. The fourth-order valence-corrected chi connectivity index (χ4v) is 10.3. The van der Waals surface area contributed by atoms with E-state index in [0.29, 0.717) is 0 Å². The van der Waals surface area contributed by atoms with Gasteiger partial charge in [0, 0.05) is 21.9 Å². The molecule has 282 valence electrons. The number of hydrogen-bond donors (Lipinski definition) is 0. The average molecular weight is 764 g/mol. The van der Waals surface area contributed by atoms with Crippen molar-refractivity contribution >= 4 is 43.4 Å². The molecule has 0 aliphatic heterocycles. The van der Waals surface area contributed by atoms with Gasteiger partial charge >= 0.3 is 0 Å². The second kappa shape index (κ2) is 13.3. The highest BCUT2D eigenvalue weighted by Gasteiger charge is 2.35. The van der Waals surface area contributed by atoms with Crippen molar-refractivity contribution in [2.45, 2.75) is 19.3 Å². The summed E-state index contributed by atoms with van der Waals surface area (Å²) in [6.45, 7) is 4.70. The van der Waals surface area contributed by atoms with Crippen LogP contribution in [0.3, 0.4) is 0 Å². The molecule has 0 saturated heterocycles. The van der Waals surface area contributed by atoms with E-state index in [1.54, 1.807) is 0 Å². The van der Waals surface area contributed by atoms with Gasteiger partial charge in [-0.05, 0) is 125 Å². The molecule has 1 heteroatoms. The van der Waals surface area contributed by atoms with Crippen molar-refractivity contribution in [1.29, 1.82) is 0 Å². The number of aromatic nitrogens is 1. The molecule has 0 amide bonds. The lowest BCUT2D eigenvalue weighted by Crippen LogP contribution is -2.14. The van der Waals surface area contributed by atoms with Gasteiger partial charge in [0.1, 0.15) is 0 Å². The van der Waals surface area contributed by atoms with Gasteiger partial charge in [-0.1, -0.05) is 190 Å². The molecular weight excluding hydrogens is 723 g/mol. The molecular formula is C59H41N. The number of nitrogens with zero attached hydrogens (tertiary/aromatic N) is 1. The Morgan fingerprint density at radius 1 is 0.300 bits per heavy atom. The SMILES string of the molecule is CC1(C)c2ccccc2-c2ccc(-c3ccc(-c4ccc5c(c4)c4ccccc4n5-c4ccc(-c5c6ccccc6c(-c6ccccc6)c6ccccc56)cc4)cc3)cc21. The zero-order chi connectivity index (χ0) is 40.0. The highest BCUT2D eigenvalue weighted by Crippen LogP contribution is 2.50. The molecule has 10 aromatic carbocycles. The molecule has 1 aliphatic carbocycles. The number of para-hydroxylation sites is 1. The molecule has 1 nitrogen and oxygen atoms in total. The summed E-state index contributed by atoms with van der Waals surface area (Å²) in [5.41, 5.74) is 19.0. The highest BCUT2D eigenvalue weighted by atomic mass is 15.0. The van der Waals surface area contributed by atoms with Crippen molar-refractivity contribution in [2.75, 3.05) is 0 Å². The minimum Gasteiger partial charge on any atom is -0.309 e. The summed E-state index contributed by atoms with van der Waals surface area (Å²) in [6.07, 6.45) is 0. The Balaban J connectivity index is 0.918. The summed E-state index contributed by atoms with van der Waals surface area (Å²) < 4.78 is 2.42. The second-order valence-corrected chi connectivity index (χ2v) is 16.8. The Kier molecular flexibility index (Phi) is 7.65. The van der Waals surface area contributed by atoms with Crippen molar-refractivity contribution in [3.05, 3.63) is 223 Å². The zero-order valence-corrected chi connectivity index (χ0v) is 33.7. The summed E-state index contributed by atoms with van der Waals surface area (Å²) in [7, 11) is 0. The maximum absolute atomic E-state index is 2.42. The third-order valence-corrected chi connectivity index (χ3v) is 13.2. The number of hydrogen-bond acceptors (Lipinski definition) is 0. The zero-order valence-electron chi connectivity index (χ0n) is 33.7. The quantitative estimate of drug-likeness (QED) is 0.154. The molecule has 1 aromatic heterocycles. The maximum atomic E-state index is 2.42. The average Bonchev–Trinajstić information content (AvgIpc) is 3.76. The van der Waals surface area contributed by atoms with Crippen LogP contribution in [-0.2, 0) is 5.41 Å². The van der Waals surface area contributed by atoms with Gasteiger partial charge in [-0.2, -0.15) is 0 Å². The molecule has 1 aliphatic rings. The lowest BCUT2D eigenvalue weighted by atomic mass is 9.81. The lowest BCUT2D eigenvalue weighted by Gasteiger charge is -2.22. The molecule has 0 N–H and O–H groups in total. The predicted molar refractivity (Wildman–Crippen MR) is 255 cm³/mol. The van der Waals surface area contributed by atoms with Crippen LogP contribution < -0.4 is 0 Å². The van der Waals surface area contributed by atoms with Crippen molar-refractivity contribution in [2.24, 2.45) is 0 Å². The van der Waals surface area contributed by atoms with E-state index in [4.69, 9.17) is 0 Å². The molecule has 0 fully saturated rings. The Morgan fingerprint density at radius 2 is 0.750 bits per heavy atom. The van der Waals surface area contributed by atoms with Crippen LogP contribution in [0.15, 0.2) is 212 Å². The van der Waals surface area contributed by atoms with E-state index in [1.165, 1.54) is 110 Å². The number of benzene rings is 10. The van der Waals surface area contributed by atoms with Gasteiger partial charge in [0.2, 0.25) is 0 Å². The first-order valence-corrected chi connectivity index (χ1v) is 21.0. The van der Waals surface area contributed by atoms with Gasteiger partial charge in [0.15, 0.2) is 0 Å². The third-order valence-electron chi connectivity index (χ3n) is 13.2. The normalized spacial score (nSPS) is 13.0. The molecule has 12 rings (SSSR count). The van der Waals surface area contributed by atoms with E-state index < -0.39 is 0 Å². The van der Waals surface area contributed by atoms with E-state index in [1.807, 2.05) is 0 Å². The molecule has 0 spiro atoms. The van der Waals surface area contributed by atoms with Gasteiger partial charge in [-0.3, -0.25) is 0 Å². The topological polar surface area (TPSA) is 4.93 Å². The maximum Gasteiger partial charge on any atom is 0.0541 e. The second-order valence-electron chi connectivity index (χ2n) is 16.8. The highest BCUT2D eigenvalue weighted by molar-refractivity contribution is 6.21. The number of rotatable bonds is 5. The summed E-state index contributed by atoms with van der Waals surface area (Å²) >= 11 is 0. The fourth-order valence-electron chi connectivity index (χ4n) is 10.3. The smallest absolute Gasteiger partial charge is 0.0541 e. The van der Waals surface area contributed by atoms with Gasteiger partial charge in [-0.25, -0.2) is 0 Å². The Labute approximate surface area is 350 Å². The van der Waals surface area contributed by atoms with Crippen LogP contribution in [-0.4, -0.2) is 4.57 Å². The van der Waals surface area contributed by atoms with Crippen molar-refractivity contribution in [3.8, 4) is 61.3 Å². The molecule has 0 atom stereocenters. The van der Waals surface area contributed by atoms with Crippen LogP contribution in [0.25, 0.3) is 105 Å². The van der Waals surface area contributed by atoms with E-state index in [9.17, 15) is 0 Å². The molecule has 11 aromatic rings. The van der Waals surface area contributed by atoms with E-state index in [2.05, 4.69) is 231 Å². The van der Waals surface area contributed by atoms with Crippen molar-refractivity contribution in [3.63, 3.8) is 0 Å². The first-order chi connectivity index (χ1) is 29.5. The lowest BCUT2D eigenvalue weighted by molar-refractivity contribution is 0.660. The first kappa shape index (κ1) is 34.6. The molecule has 1 heterocycles. The molecule has 60 heavy (non-hydrogen) atoms. The standard InChI is InChI=1S/C59H41N/c1-59(2)53-22-12-10-16-45(53)46-34-30-43(37-54(46)59)39-26-24-38(25-27-39)42-31-35-56-52(36-42)47-17-11-13-23-55(47)60(56)44-32-28-41(29-33-44)58-50-20-8-6-18-48(50)57(40-14-4-3-5-15-40)49-19-7-9-21-51(49)58/h3-37H,1-2H3. The molecule has 0 unspecified atom stereocenters. The molecule has 0 saturated carbocycles. The van der Waals surface area contributed by atoms with Crippen LogP contribution in [0.2, 0.25) is 0 Å². The Hall–Kier alpha value is -7.48. The summed E-state index contributed by atoms with van der Waals surface area (Å²) in [5, 5.41) is 7.58. The van der Waals surface area contributed by atoms with Crippen LogP contribution in [0.5, 0.6) is 0 Å². The monoisotopic (exact) mass is 763 g/mol. The largest absolute Gasteiger partial charge is 0.309 e. The van der Waals surface area contributed by atoms with Crippen LogP contribution in [0.1, 0.15) is 25.0 Å². The minimum atomic E-state index is -0.0165. The molecule has 0 radical (unpaired) electrons. The van der Waals surface area contributed by atoms with E-state index in [-0.39, 0.29) is 5.41 Å². The van der Waals surface area contributed by atoms with Gasteiger partial charge in [-0.15, -0.1) is 0 Å². The predicted octanol–water partition coefficient (Wildman–Crippen LogP) is 16.1. The van der Waals surface area contributed by atoms with Crippen LogP contribution >= 0.6 is 0 Å². The Bertz CT molecular complexity index is 3420. The van der Waals surface area contributed by atoms with Crippen LogP contribution in [0, 0.1) is 0 Å². The fraction of sp³-hybridized carbons (Fsp3) is 0.0508. The van der Waals surface area contributed by atoms with Gasteiger partial charge < -0.3 is 4.57 Å². The molecule has 0 bridgehead atoms. The Morgan fingerprint density at radius 3 is 1.40 bits per heavy atom. The van der Waals surface area contributed by atoms with Gasteiger partial charge in [0.05, 0.1) is 11.0 Å². The summed E-state index contributed by atoms with van der Waals surface area (Å²) in [6, 6.07) is 78.5. The van der Waals surface area contributed by atoms with Crippen molar-refractivity contribution in [1.82, 2.24) is 4.57 Å². The third kappa shape index (κ3) is 5.19. The minimum absolute atomic E-state index is 0.0165. The number of fused-ring (bicyclic) bond motifs is 8. The van der Waals surface area contributed by atoms with E-state index in [0.717, 1.165) is 5.69 Å².